The lowest BCUT2D eigenvalue weighted by Gasteiger charge is -1.95. The lowest BCUT2D eigenvalue weighted by Crippen LogP contribution is -2.00. The predicted octanol–water partition coefficient (Wildman–Crippen LogP) is 1.15. The van der Waals surface area contributed by atoms with Crippen molar-refractivity contribution in [3.63, 3.8) is 0 Å². The molecular weight excluding hydrogens is 340 g/mol. The molecule has 16 heavy (non-hydrogen) atoms. The molecule has 0 saturated carbocycles. The topological polar surface area (TPSA) is 69.8 Å². The van der Waals surface area contributed by atoms with Gasteiger partial charge in [0.15, 0.2) is 25.3 Å². The second kappa shape index (κ2) is 4.78. The Morgan fingerprint density at radius 3 is 2.62 bits per heavy atom. The summed E-state index contributed by atoms with van der Waals surface area (Å²) in [6.07, 6.45) is 6.21. The summed E-state index contributed by atoms with van der Waals surface area (Å²) in [5, 5.41) is 0.0144. The summed E-state index contributed by atoms with van der Waals surface area (Å²) in [6, 6.07) is 0. The van der Waals surface area contributed by atoms with Crippen LogP contribution in [0.25, 0.3) is 5.82 Å². The van der Waals surface area contributed by atoms with E-state index in [-0.39, 0.29) is 5.16 Å². The molecule has 0 N–H and O–H groups in total. The standard InChI is InChI=1S/C6H4BrClN4O2S2/c7-16(14)12-3-5(10-6(12)15(8)13)11-2-1-9-4-11/h1-4H. The molecule has 2 atom stereocenters. The van der Waals surface area contributed by atoms with E-state index in [1.165, 1.54) is 16.5 Å². The van der Waals surface area contributed by atoms with Gasteiger partial charge in [-0.2, -0.15) is 0 Å². The van der Waals surface area contributed by atoms with Crippen molar-refractivity contribution in [3.8, 4) is 5.82 Å². The normalized spacial score (nSPS) is 14.9. The lowest BCUT2D eigenvalue weighted by molar-refractivity contribution is 0.673. The summed E-state index contributed by atoms with van der Waals surface area (Å²) in [5.74, 6) is 0.439. The van der Waals surface area contributed by atoms with Gasteiger partial charge in [0.05, 0.1) is 21.0 Å². The molecule has 0 amide bonds. The molecule has 2 heterocycles. The van der Waals surface area contributed by atoms with Gasteiger partial charge in [0.2, 0.25) is 5.16 Å². The van der Waals surface area contributed by atoms with E-state index in [0.717, 1.165) is 0 Å². The third-order valence-corrected chi connectivity index (χ3v) is 4.33. The van der Waals surface area contributed by atoms with Gasteiger partial charge >= 0.3 is 0 Å². The van der Waals surface area contributed by atoms with Gasteiger partial charge in [0, 0.05) is 12.4 Å². The fourth-order valence-corrected chi connectivity index (χ4v) is 3.57. The number of rotatable bonds is 3. The summed E-state index contributed by atoms with van der Waals surface area (Å²) in [7, 11) is 2.05. The van der Waals surface area contributed by atoms with E-state index in [4.69, 9.17) is 10.7 Å². The molecular formula is C6H4BrClN4O2S2. The van der Waals surface area contributed by atoms with Crippen molar-refractivity contribution in [2.24, 2.45) is 0 Å². The van der Waals surface area contributed by atoms with E-state index in [0.29, 0.717) is 5.82 Å². The summed E-state index contributed by atoms with van der Waals surface area (Å²) >= 11 is 2.86. The molecule has 2 aromatic rings. The molecule has 0 aliphatic heterocycles. The zero-order valence-corrected chi connectivity index (χ0v) is 11.5. The molecule has 0 spiro atoms. The van der Waals surface area contributed by atoms with E-state index >= 15 is 0 Å². The maximum Gasteiger partial charge on any atom is 0.230 e. The molecule has 0 aliphatic carbocycles. The Morgan fingerprint density at radius 1 is 1.44 bits per heavy atom. The SMILES string of the molecule is O=S(Cl)c1nc(-n2ccnc2)cn1S(=O)Br. The van der Waals surface area contributed by atoms with E-state index in [9.17, 15) is 8.42 Å². The second-order valence-corrected chi connectivity index (χ2v) is 6.73. The van der Waals surface area contributed by atoms with E-state index in [1.54, 1.807) is 17.0 Å². The van der Waals surface area contributed by atoms with Gasteiger partial charge in [-0.1, -0.05) is 0 Å². The van der Waals surface area contributed by atoms with Gasteiger partial charge in [0.25, 0.3) is 0 Å². The van der Waals surface area contributed by atoms with Crippen LogP contribution in [0.2, 0.25) is 0 Å². The summed E-state index contributed by atoms with van der Waals surface area (Å²) in [5.41, 5.74) is 0. The van der Waals surface area contributed by atoms with Gasteiger partial charge in [0.1, 0.15) is 6.33 Å². The molecule has 86 valence electrons. The van der Waals surface area contributed by atoms with E-state index in [2.05, 4.69) is 24.8 Å². The minimum absolute atomic E-state index is 0.0144. The third-order valence-electron chi connectivity index (χ3n) is 1.70. The second-order valence-electron chi connectivity index (χ2n) is 2.61. The molecule has 2 unspecified atom stereocenters. The maximum atomic E-state index is 11.3. The highest BCUT2D eigenvalue weighted by Gasteiger charge is 2.16. The molecule has 2 aromatic heterocycles. The highest BCUT2D eigenvalue weighted by atomic mass is 79.9. The number of hydrogen-bond acceptors (Lipinski definition) is 4. The number of nitrogens with zero attached hydrogens (tertiary/aromatic N) is 4. The molecule has 0 saturated heterocycles. The van der Waals surface area contributed by atoms with E-state index < -0.39 is 19.4 Å². The summed E-state index contributed by atoms with van der Waals surface area (Å²) < 4.78 is 25.2. The van der Waals surface area contributed by atoms with Crippen LogP contribution in [0.15, 0.2) is 30.1 Å². The van der Waals surface area contributed by atoms with Crippen LogP contribution in [0.4, 0.5) is 0 Å². The van der Waals surface area contributed by atoms with E-state index in [1.807, 2.05) is 0 Å². The summed E-state index contributed by atoms with van der Waals surface area (Å²) in [6.45, 7) is 0. The monoisotopic (exact) mass is 342 g/mol. The lowest BCUT2D eigenvalue weighted by atomic mass is 10.7. The zero-order chi connectivity index (χ0) is 11.7. The molecule has 6 nitrogen and oxygen atoms in total. The van der Waals surface area contributed by atoms with Crippen LogP contribution in [0.1, 0.15) is 0 Å². The fourth-order valence-electron chi connectivity index (χ4n) is 1.06. The van der Waals surface area contributed by atoms with Crippen molar-refractivity contribution in [2.45, 2.75) is 5.16 Å². The minimum atomic E-state index is -1.83. The Hall–Kier alpha value is -0.510. The van der Waals surface area contributed by atoms with Gasteiger partial charge in [-0.05, 0) is 10.7 Å². The molecule has 2 rings (SSSR count). The van der Waals surface area contributed by atoms with Gasteiger partial charge in [-0.15, -0.1) is 0 Å². The molecule has 0 fully saturated rings. The van der Waals surface area contributed by atoms with Crippen molar-refractivity contribution in [2.75, 3.05) is 0 Å². The maximum absolute atomic E-state index is 11.3. The Kier molecular flexibility index (Phi) is 3.57. The van der Waals surface area contributed by atoms with Crippen LogP contribution >= 0.6 is 25.5 Å². The first kappa shape index (κ1) is 12.0. The highest BCUT2D eigenvalue weighted by Crippen LogP contribution is 2.16. The van der Waals surface area contributed by atoms with Crippen LogP contribution in [-0.4, -0.2) is 26.9 Å². The Morgan fingerprint density at radius 2 is 2.19 bits per heavy atom. The van der Waals surface area contributed by atoms with Crippen LogP contribution in [0, 0.1) is 0 Å². The average molecular weight is 344 g/mol. The van der Waals surface area contributed by atoms with Crippen LogP contribution in [0.3, 0.4) is 0 Å². The Labute approximate surface area is 107 Å². The molecule has 10 heteroatoms. The molecule has 0 bridgehead atoms. The smallest absolute Gasteiger partial charge is 0.230 e. The molecule has 0 aromatic carbocycles. The fraction of sp³-hybridized carbons (Fsp3) is 0. The first-order chi connectivity index (χ1) is 7.59. The molecule has 0 aliphatic rings. The third kappa shape index (κ3) is 2.26. The Bertz CT molecular complexity index is 523. The van der Waals surface area contributed by atoms with Crippen LogP contribution in [-0.2, 0) is 19.4 Å². The molecule has 0 radical (unpaired) electrons. The summed E-state index contributed by atoms with van der Waals surface area (Å²) in [4.78, 5) is 7.85. The van der Waals surface area contributed by atoms with Gasteiger partial charge in [-0.25, -0.2) is 22.4 Å². The van der Waals surface area contributed by atoms with Crippen molar-refractivity contribution < 1.29 is 8.42 Å². The highest BCUT2D eigenvalue weighted by molar-refractivity contribution is 9.46. The number of halogens is 2. The van der Waals surface area contributed by atoms with Crippen LogP contribution in [0.5, 0.6) is 0 Å². The quantitative estimate of drug-likeness (QED) is 0.784. The van der Waals surface area contributed by atoms with Crippen LogP contribution < -0.4 is 0 Å². The Balaban J connectivity index is 2.55. The van der Waals surface area contributed by atoms with Gasteiger partial charge in [-0.3, -0.25) is 4.57 Å². The number of aromatic nitrogens is 4. The van der Waals surface area contributed by atoms with Crippen molar-refractivity contribution in [3.05, 3.63) is 24.9 Å². The van der Waals surface area contributed by atoms with Crippen molar-refractivity contribution >= 4 is 44.9 Å². The van der Waals surface area contributed by atoms with Gasteiger partial charge < -0.3 is 0 Å². The predicted molar refractivity (Wildman–Crippen MR) is 64.1 cm³/mol. The minimum Gasteiger partial charge on any atom is -0.289 e. The average Bonchev–Trinajstić information content (AvgIpc) is 2.86. The number of imidazole rings is 2. The largest absolute Gasteiger partial charge is 0.289 e. The first-order valence-electron chi connectivity index (χ1n) is 3.84. The zero-order valence-electron chi connectivity index (χ0n) is 7.49. The first-order valence-corrected chi connectivity index (χ1v) is 8.76. The van der Waals surface area contributed by atoms with Crippen molar-refractivity contribution in [1.29, 1.82) is 0 Å². The number of hydrogen-bond donors (Lipinski definition) is 0. The van der Waals surface area contributed by atoms with Crippen molar-refractivity contribution in [1.82, 2.24) is 18.5 Å².